The van der Waals surface area contributed by atoms with Gasteiger partial charge in [-0.15, -0.1) is 0 Å². The van der Waals surface area contributed by atoms with Crippen molar-refractivity contribution in [3.8, 4) is 0 Å². The van der Waals surface area contributed by atoms with Gasteiger partial charge in [-0.05, 0) is 63.5 Å². The number of carbonyl (C=O) groups excluding carboxylic acids is 2. The number of nitrogens with two attached hydrogens (primary N) is 1. The van der Waals surface area contributed by atoms with Crippen LogP contribution in [0.3, 0.4) is 0 Å². The van der Waals surface area contributed by atoms with E-state index in [9.17, 15) is 9.59 Å². The minimum Gasteiger partial charge on any atom is -0.366 e. The summed E-state index contributed by atoms with van der Waals surface area (Å²) in [5.74, 6) is 0.686. The van der Waals surface area contributed by atoms with Crippen LogP contribution in [-0.2, 0) is 4.79 Å². The highest BCUT2D eigenvalue weighted by molar-refractivity contribution is 8.00. The number of piperidine rings is 1. The van der Waals surface area contributed by atoms with Crippen molar-refractivity contribution in [2.45, 2.75) is 70.4 Å². The van der Waals surface area contributed by atoms with Crippen LogP contribution in [0.15, 0.2) is 5.03 Å². The number of rotatable bonds is 4. The average Bonchev–Trinajstić information content (AvgIpc) is 2.63. The Labute approximate surface area is 160 Å². The summed E-state index contributed by atoms with van der Waals surface area (Å²) in [4.78, 5) is 31.5. The largest absolute Gasteiger partial charge is 0.366 e. The first kappa shape index (κ1) is 19.2. The molecule has 1 aromatic rings. The predicted molar refractivity (Wildman–Crippen MR) is 104 cm³/mol. The van der Waals surface area contributed by atoms with Gasteiger partial charge in [0.05, 0.1) is 11.3 Å². The van der Waals surface area contributed by atoms with Gasteiger partial charge in [-0.3, -0.25) is 9.59 Å². The average molecular weight is 376 g/mol. The number of hydrogen-bond donors (Lipinski definition) is 1. The van der Waals surface area contributed by atoms with Gasteiger partial charge in [0.1, 0.15) is 5.03 Å². The Bertz CT molecular complexity index is 717. The number of nitrogens with zero attached hydrogens (tertiary/aromatic N) is 2. The van der Waals surface area contributed by atoms with E-state index < -0.39 is 5.91 Å². The first-order valence-corrected chi connectivity index (χ1v) is 10.6. The van der Waals surface area contributed by atoms with Gasteiger partial charge < -0.3 is 10.6 Å². The monoisotopic (exact) mass is 375 g/mol. The second kappa shape index (κ2) is 7.99. The van der Waals surface area contributed by atoms with E-state index >= 15 is 0 Å². The summed E-state index contributed by atoms with van der Waals surface area (Å²) in [6, 6.07) is 0.413. The molecule has 0 aromatic carbocycles. The molecule has 1 saturated carbocycles. The fourth-order valence-electron chi connectivity index (χ4n) is 4.45. The maximum Gasteiger partial charge on any atom is 0.251 e. The fraction of sp³-hybridized carbons (Fsp3) is 0.650. The first-order chi connectivity index (χ1) is 12.4. The molecule has 0 bridgehead atoms. The van der Waals surface area contributed by atoms with E-state index in [-0.39, 0.29) is 5.91 Å². The number of hydrogen-bond acceptors (Lipinski definition) is 4. The third-order valence-electron chi connectivity index (χ3n) is 6.11. The highest BCUT2D eigenvalue weighted by atomic mass is 32.2. The molecule has 1 saturated heterocycles. The summed E-state index contributed by atoms with van der Waals surface area (Å²) >= 11 is 1.35. The van der Waals surface area contributed by atoms with Gasteiger partial charge in [-0.1, -0.05) is 24.6 Å². The Balaban J connectivity index is 1.74. The molecule has 2 atom stereocenters. The van der Waals surface area contributed by atoms with E-state index in [0.717, 1.165) is 36.2 Å². The predicted octanol–water partition coefficient (Wildman–Crippen LogP) is 3.38. The highest BCUT2D eigenvalue weighted by Gasteiger charge is 2.35. The molecular weight excluding hydrogens is 346 g/mol. The van der Waals surface area contributed by atoms with Crippen molar-refractivity contribution < 1.29 is 9.59 Å². The summed E-state index contributed by atoms with van der Waals surface area (Å²) in [6.45, 7) is 6.63. The number of aryl methyl sites for hydroxylation is 1. The number of aromatic nitrogens is 1. The number of fused-ring (bicyclic) bond motifs is 1. The van der Waals surface area contributed by atoms with Gasteiger partial charge in [-0.2, -0.15) is 0 Å². The van der Waals surface area contributed by atoms with Crippen LogP contribution in [-0.4, -0.2) is 40.0 Å². The molecule has 2 amide bonds. The summed E-state index contributed by atoms with van der Waals surface area (Å²) in [6.07, 6.45) is 7.27. The molecule has 3 rings (SSSR count). The standard InChI is InChI=1S/C20H29N3O2S/c1-12-13(2)18(19(21)25)20(22-14(12)3)26-11-17(24)23-10-6-8-15-7-4-5-9-16(15)23/h15-16H,4-11H2,1-3H3,(H2,21,25)/t15-,16-/m0/s1. The van der Waals surface area contributed by atoms with Crippen LogP contribution < -0.4 is 5.73 Å². The summed E-state index contributed by atoms with van der Waals surface area (Å²) in [5.41, 5.74) is 8.77. The Kier molecular flexibility index (Phi) is 5.90. The lowest BCUT2D eigenvalue weighted by Crippen LogP contribution is -2.50. The van der Waals surface area contributed by atoms with Crippen LogP contribution in [0, 0.1) is 26.7 Å². The Morgan fingerprint density at radius 2 is 1.81 bits per heavy atom. The van der Waals surface area contributed by atoms with E-state index in [0.29, 0.717) is 28.3 Å². The Hall–Kier alpha value is -1.56. The van der Waals surface area contributed by atoms with E-state index in [1.807, 2.05) is 20.8 Å². The quantitative estimate of drug-likeness (QED) is 0.819. The number of primary amides is 1. The third-order valence-corrected chi connectivity index (χ3v) is 7.07. The topological polar surface area (TPSA) is 76.3 Å². The van der Waals surface area contributed by atoms with Gasteiger partial charge in [-0.25, -0.2) is 4.98 Å². The van der Waals surface area contributed by atoms with Crippen molar-refractivity contribution >= 4 is 23.6 Å². The molecule has 2 N–H and O–H groups in total. The van der Waals surface area contributed by atoms with Crippen LogP contribution in [0.25, 0.3) is 0 Å². The molecule has 142 valence electrons. The van der Waals surface area contributed by atoms with Crippen LogP contribution in [0.4, 0.5) is 0 Å². The molecular formula is C20H29N3O2S. The molecule has 5 nitrogen and oxygen atoms in total. The number of thioether (sulfide) groups is 1. The molecule has 0 radical (unpaired) electrons. The van der Waals surface area contributed by atoms with E-state index in [1.54, 1.807) is 0 Å². The van der Waals surface area contributed by atoms with Crippen LogP contribution in [0.2, 0.25) is 0 Å². The lowest BCUT2D eigenvalue weighted by molar-refractivity contribution is -0.134. The number of carbonyl (C=O) groups is 2. The molecule has 2 heterocycles. The maximum atomic E-state index is 12.9. The molecule has 1 aliphatic heterocycles. The lowest BCUT2D eigenvalue weighted by atomic mass is 9.78. The van der Waals surface area contributed by atoms with Gasteiger partial charge in [0.25, 0.3) is 5.91 Å². The van der Waals surface area contributed by atoms with Crippen molar-refractivity contribution in [1.82, 2.24) is 9.88 Å². The van der Waals surface area contributed by atoms with E-state index in [2.05, 4.69) is 9.88 Å². The maximum absolute atomic E-state index is 12.9. The SMILES string of the molecule is Cc1nc(SCC(=O)N2CCC[C@@H]3CCCC[C@@H]32)c(C(N)=O)c(C)c1C. The van der Waals surface area contributed by atoms with Crippen LogP contribution >= 0.6 is 11.8 Å². The second-order valence-electron chi connectivity index (χ2n) is 7.62. The molecule has 1 aliphatic carbocycles. The van der Waals surface area contributed by atoms with Crippen LogP contribution in [0.5, 0.6) is 0 Å². The zero-order chi connectivity index (χ0) is 18.8. The van der Waals surface area contributed by atoms with E-state index in [1.165, 1.54) is 37.4 Å². The van der Waals surface area contributed by atoms with Crippen molar-refractivity contribution in [2.75, 3.05) is 12.3 Å². The number of pyridine rings is 1. The minimum atomic E-state index is -0.474. The normalized spacial score (nSPS) is 22.8. The first-order valence-electron chi connectivity index (χ1n) is 9.60. The van der Waals surface area contributed by atoms with Crippen molar-refractivity contribution in [3.63, 3.8) is 0 Å². The number of likely N-dealkylation sites (tertiary alicyclic amines) is 1. The molecule has 2 fully saturated rings. The summed E-state index contributed by atoms with van der Waals surface area (Å²) in [5, 5.41) is 0.587. The van der Waals surface area contributed by atoms with Crippen molar-refractivity contribution in [3.05, 3.63) is 22.4 Å². The van der Waals surface area contributed by atoms with Gasteiger partial charge >= 0.3 is 0 Å². The van der Waals surface area contributed by atoms with Crippen LogP contribution in [0.1, 0.15) is 65.7 Å². The van der Waals surface area contributed by atoms with E-state index in [4.69, 9.17) is 5.73 Å². The molecule has 2 aliphatic rings. The smallest absolute Gasteiger partial charge is 0.251 e. The summed E-state index contributed by atoms with van der Waals surface area (Å²) < 4.78 is 0. The third kappa shape index (κ3) is 3.75. The van der Waals surface area contributed by atoms with Gasteiger partial charge in [0.15, 0.2) is 0 Å². The minimum absolute atomic E-state index is 0.166. The molecule has 1 aromatic heterocycles. The molecule has 26 heavy (non-hydrogen) atoms. The van der Waals surface area contributed by atoms with Gasteiger partial charge in [0, 0.05) is 18.3 Å². The Morgan fingerprint density at radius 3 is 2.54 bits per heavy atom. The highest BCUT2D eigenvalue weighted by Crippen LogP contribution is 2.36. The Morgan fingerprint density at radius 1 is 1.12 bits per heavy atom. The lowest BCUT2D eigenvalue weighted by Gasteiger charge is -2.44. The van der Waals surface area contributed by atoms with Gasteiger partial charge in [0.2, 0.25) is 5.91 Å². The molecule has 0 spiro atoms. The molecule has 6 heteroatoms. The van der Waals surface area contributed by atoms with Crippen molar-refractivity contribution in [2.24, 2.45) is 11.7 Å². The summed E-state index contributed by atoms with van der Waals surface area (Å²) in [7, 11) is 0. The zero-order valence-corrected chi connectivity index (χ0v) is 16.8. The second-order valence-corrected chi connectivity index (χ2v) is 8.59. The molecule has 0 unspecified atom stereocenters. The fourth-order valence-corrected chi connectivity index (χ4v) is 5.48. The zero-order valence-electron chi connectivity index (χ0n) is 16.0. The number of amides is 2. The van der Waals surface area contributed by atoms with Crippen molar-refractivity contribution in [1.29, 1.82) is 0 Å².